The van der Waals surface area contributed by atoms with Crippen molar-refractivity contribution in [3.05, 3.63) is 96.1 Å². The molecule has 201 valence electrons. The number of aliphatic hydroxyl groups excluding tert-OH is 2. The van der Waals surface area contributed by atoms with E-state index in [0.717, 1.165) is 83.6 Å². The smallest absolute Gasteiger partial charge is 0.121 e. The summed E-state index contributed by atoms with van der Waals surface area (Å²) in [6, 6.07) is 26.8. The molecular weight excluding hydrogens is 517 g/mol. The molecule has 5 rings (SSSR count). The van der Waals surface area contributed by atoms with Crippen LogP contribution in [0.3, 0.4) is 0 Å². The molecular formula is C29H37N5O3V. The maximum Gasteiger partial charge on any atom is 0.121 e. The Morgan fingerprint density at radius 3 is 1.45 bits per heavy atom. The van der Waals surface area contributed by atoms with Crippen LogP contribution in [0.25, 0.3) is 22.1 Å². The first-order chi connectivity index (χ1) is 18.7. The molecule has 0 bridgehead atoms. The molecule has 0 aliphatic rings. The van der Waals surface area contributed by atoms with Gasteiger partial charge < -0.3 is 20.2 Å². The Kier molecular flexibility index (Phi) is 14.9. The van der Waals surface area contributed by atoms with Crippen molar-refractivity contribution in [3.8, 4) is 0 Å². The molecule has 4 N–H and O–H groups in total. The minimum Gasteiger partial charge on any atom is -0.341 e. The number of aromatic amines is 2. The van der Waals surface area contributed by atoms with Crippen molar-refractivity contribution in [1.82, 2.24) is 24.8 Å². The van der Waals surface area contributed by atoms with Crippen molar-refractivity contribution in [2.45, 2.75) is 46.3 Å². The number of hydrogen-bond acceptors (Lipinski definition) is 6. The van der Waals surface area contributed by atoms with E-state index in [1.807, 2.05) is 56.3 Å². The molecule has 0 unspecified atom stereocenters. The van der Waals surface area contributed by atoms with E-state index in [1.165, 1.54) is 5.56 Å². The summed E-state index contributed by atoms with van der Waals surface area (Å²) in [6.45, 7) is 6.77. The van der Waals surface area contributed by atoms with Gasteiger partial charge in [-0.05, 0) is 42.7 Å². The second kappa shape index (κ2) is 18.2. The molecule has 3 aromatic carbocycles. The van der Waals surface area contributed by atoms with Crippen LogP contribution in [0.1, 0.15) is 43.9 Å². The van der Waals surface area contributed by atoms with Crippen molar-refractivity contribution in [1.29, 1.82) is 0 Å². The van der Waals surface area contributed by atoms with E-state index >= 15 is 0 Å². The average Bonchev–Trinajstić information content (AvgIpc) is 3.57. The number of aromatic nitrogens is 4. The molecule has 0 radical (unpaired) electrons. The van der Waals surface area contributed by atoms with Crippen LogP contribution in [-0.4, -0.2) is 48.3 Å². The standard InChI is InChI=1S/C23H21N5.2C3H8O.O.V/c1-2-8-17(9-3-1)14-28(15-22-24-18-10-4-5-11-19(18)25-22)16-23-26-20-12-6-7-13-21(20)27-23;2*1-2-3-4;;/h1-13H,14-16H2,(H,24,25)(H,26,27);2*4H,2-3H2,1H3;;. The summed E-state index contributed by atoms with van der Waals surface area (Å²) in [5.41, 5.74) is 5.42. The Balaban J connectivity index is 0.000000443. The van der Waals surface area contributed by atoms with Crippen molar-refractivity contribution >= 4 is 22.1 Å². The van der Waals surface area contributed by atoms with E-state index in [-0.39, 0.29) is 0 Å². The van der Waals surface area contributed by atoms with Gasteiger partial charge in [-0.2, -0.15) is 0 Å². The number of fused-ring (bicyclic) bond motifs is 2. The Labute approximate surface area is 233 Å². The largest absolute Gasteiger partial charge is 0.341 e. The number of nitrogens with one attached hydrogen (secondary N) is 2. The van der Waals surface area contributed by atoms with Crippen LogP contribution >= 0.6 is 0 Å². The van der Waals surface area contributed by atoms with Crippen LogP contribution in [-0.2, 0) is 40.7 Å². The summed E-state index contributed by atoms with van der Waals surface area (Å²) in [4.78, 5) is 18.7. The van der Waals surface area contributed by atoms with Gasteiger partial charge in [0.05, 0.1) is 35.2 Å². The summed E-state index contributed by atoms with van der Waals surface area (Å²) in [5, 5.41) is 15.8. The predicted molar refractivity (Wildman–Crippen MR) is 147 cm³/mol. The average molecular weight is 555 g/mol. The normalized spacial score (nSPS) is 10.2. The van der Waals surface area contributed by atoms with Gasteiger partial charge in [0.25, 0.3) is 0 Å². The van der Waals surface area contributed by atoms with E-state index in [4.69, 9.17) is 23.9 Å². The van der Waals surface area contributed by atoms with E-state index in [2.05, 4.69) is 51.3 Å². The second-order valence-corrected chi connectivity index (χ2v) is 8.48. The van der Waals surface area contributed by atoms with E-state index in [9.17, 15) is 0 Å². The van der Waals surface area contributed by atoms with E-state index in [1.54, 1.807) is 0 Å². The SMILES string of the molecule is CCCO.CCCO.[O]=[V].c1ccc(CN(Cc2nc3ccccc3[nH]2)Cc2nc3ccccc3[nH]2)cc1. The molecule has 5 aromatic rings. The molecule has 0 spiro atoms. The predicted octanol–water partition coefficient (Wildman–Crippen LogP) is 5.30. The molecule has 38 heavy (non-hydrogen) atoms. The molecule has 0 aliphatic carbocycles. The van der Waals surface area contributed by atoms with Crippen molar-refractivity contribution in [3.63, 3.8) is 0 Å². The van der Waals surface area contributed by atoms with Crippen LogP contribution in [0.2, 0.25) is 0 Å². The molecule has 0 amide bonds. The van der Waals surface area contributed by atoms with E-state index in [0.29, 0.717) is 13.2 Å². The third-order valence-corrected chi connectivity index (χ3v) is 5.32. The maximum absolute atomic E-state index is 8.19. The minimum atomic E-state index is 0.319. The summed E-state index contributed by atoms with van der Waals surface area (Å²) in [5.74, 6) is 1.93. The molecule has 0 fully saturated rings. The van der Waals surface area contributed by atoms with Gasteiger partial charge in [0.15, 0.2) is 0 Å². The number of imidazole rings is 2. The minimum absolute atomic E-state index is 0.319. The number of aliphatic hydroxyl groups is 2. The van der Waals surface area contributed by atoms with Gasteiger partial charge >= 0.3 is 21.0 Å². The molecule has 2 heterocycles. The third kappa shape index (κ3) is 10.3. The van der Waals surface area contributed by atoms with Crippen LogP contribution in [0.4, 0.5) is 0 Å². The topological polar surface area (TPSA) is 118 Å². The Morgan fingerprint density at radius 2 is 1.05 bits per heavy atom. The number of nitrogens with zero attached hydrogens (tertiary/aromatic N) is 3. The van der Waals surface area contributed by atoms with Crippen molar-refractivity contribution < 1.29 is 31.3 Å². The molecule has 0 saturated heterocycles. The fourth-order valence-electron chi connectivity index (χ4n) is 3.59. The second-order valence-electron chi connectivity index (χ2n) is 8.48. The fourth-order valence-corrected chi connectivity index (χ4v) is 3.59. The third-order valence-electron chi connectivity index (χ3n) is 5.32. The maximum atomic E-state index is 8.19. The Hall–Kier alpha value is -3.14. The zero-order chi connectivity index (χ0) is 27.6. The van der Waals surface area contributed by atoms with Gasteiger partial charge in [-0.25, -0.2) is 9.97 Å². The first-order valence-corrected chi connectivity index (χ1v) is 13.3. The number of H-pyrrole nitrogens is 2. The number of para-hydroxylation sites is 4. The molecule has 9 heteroatoms. The quantitative estimate of drug-likeness (QED) is 0.207. The molecule has 0 aliphatic heterocycles. The van der Waals surface area contributed by atoms with Gasteiger partial charge in [0.2, 0.25) is 0 Å². The summed E-state index contributed by atoms with van der Waals surface area (Å²) in [6.07, 6.45) is 1.75. The number of benzene rings is 3. The van der Waals surface area contributed by atoms with Crippen LogP contribution in [0, 0.1) is 0 Å². The molecule has 0 saturated carbocycles. The van der Waals surface area contributed by atoms with E-state index < -0.39 is 0 Å². The van der Waals surface area contributed by atoms with Gasteiger partial charge in [0.1, 0.15) is 11.6 Å². The van der Waals surface area contributed by atoms with Gasteiger partial charge in [-0.1, -0.05) is 68.4 Å². The van der Waals surface area contributed by atoms with Gasteiger partial charge in [-0.15, -0.1) is 0 Å². The Morgan fingerprint density at radius 1 is 0.658 bits per heavy atom. The zero-order valence-corrected chi connectivity index (χ0v) is 23.4. The Bertz CT molecular complexity index is 1160. The summed E-state index contributed by atoms with van der Waals surface area (Å²) in [7, 11) is 0. The van der Waals surface area contributed by atoms with Crippen LogP contribution < -0.4 is 0 Å². The number of hydrogen-bond donors (Lipinski definition) is 4. The summed E-state index contributed by atoms with van der Waals surface area (Å²) >= 11 is 1.06. The number of rotatable bonds is 8. The van der Waals surface area contributed by atoms with Crippen molar-refractivity contribution in [2.75, 3.05) is 13.2 Å². The van der Waals surface area contributed by atoms with Crippen molar-refractivity contribution in [2.24, 2.45) is 0 Å². The first kappa shape index (κ1) is 31.1. The zero-order valence-electron chi connectivity index (χ0n) is 22.0. The molecule has 8 nitrogen and oxygen atoms in total. The molecule has 2 aromatic heterocycles. The van der Waals surface area contributed by atoms with Crippen LogP contribution in [0.15, 0.2) is 78.9 Å². The molecule has 0 atom stereocenters. The van der Waals surface area contributed by atoms with Gasteiger partial charge in [-0.3, -0.25) is 4.90 Å². The van der Waals surface area contributed by atoms with Gasteiger partial charge in [0, 0.05) is 19.8 Å². The fraction of sp³-hybridized carbons (Fsp3) is 0.310. The van der Waals surface area contributed by atoms with Crippen LogP contribution in [0.5, 0.6) is 0 Å². The summed E-state index contributed by atoms with van der Waals surface area (Å²) < 4.78 is 8.19. The monoisotopic (exact) mass is 554 g/mol. The first-order valence-electron chi connectivity index (χ1n) is 12.7.